The molecule has 0 heterocycles. The molecule has 3 N–H and O–H groups in total. The van der Waals surface area contributed by atoms with Crippen LogP contribution in [0.25, 0.3) is 0 Å². The third kappa shape index (κ3) is 9.34. The number of thiocarbonyl (C=S) groups is 1. The van der Waals surface area contributed by atoms with E-state index in [4.69, 9.17) is 12.2 Å². The normalized spacial score (nSPS) is 10.2. The summed E-state index contributed by atoms with van der Waals surface area (Å²) in [4.78, 5) is 24.0. The minimum absolute atomic E-state index is 0.0274. The van der Waals surface area contributed by atoms with Crippen LogP contribution in [0.2, 0.25) is 0 Å². The number of anilines is 2. The van der Waals surface area contributed by atoms with Gasteiger partial charge in [-0.1, -0.05) is 56.5 Å². The summed E-state index contributed by atoms with van der Waals surface area (Å²) in [6, 6.07) is 17.2. The van der Waals surface area contributed by atoms with Gasteiger partial charge in [-0.15, -0.1) is 0 Å². The van der Waals surface area contributed by atoms with Gasteiger partial charge in [-0.25, -0.2) is 0 Å². The van der Waals surface area contributed by atoms with Crippen molar-refractivity contribution in [1.29, 1.82) is 0 Å². The topological polar surface area (TPSA) is 70.2 Å². The molecule has 0 bridgehead atoms. The molecule has 0 aliphatic rings. The van der Waals surface area contributed by atoms with Gasteiger partial charge >= 0.3 is 0 Å². The third-order valence-corrected chi connectivity index (χ3v) is 4.62. The quantitative estimate of drug-likeness (QED) is 0.378. The number of aryl methyl sites for hydroxylation is 1. The molecule has 2 aromatic carbocycles. The van der Waals surface area contributed by atoms with Crippen LogP contribution in [0.15, 0.2) is 54.6 Å². The molecule has 29 heavy (non-hydrogen) atoms. The monoisotopic (exact) mass is 411 g/mol. The summed E-state index contributed by atoms with van der Waals surface area (Å²) in [6.07, 6.45) is 5.84. The Labute approximate surface area is 178 Å². The number of hydrogen-bond donors (Lipinski definition) is 3. The van der Waals surface area contributed by atoms with Crippen molar-refractivity contribution in [2.75, 3.05) is 10.6 Å². The molecule has 0 aliphatic heterocycles. The molecule has 2 amide bonds. The number of rotatable bonds is 10. The van der Waals surface area contributed by atoms with Gasteiger partial charge < -0.3 is 16.0 Å². The number of carbonyl (C=O) groups excluding carboxylic acids is 2. The van der Waals surface area contributed by atoms with Crippen LogP contribution in [0, 0.1) is 0 Å². The standard InChI is InChI=1S/C23H29N3O2S/c1-2-3-4-8-11-21(27)26-23(29)25-20-15-13-19(14-16-20)24-22(28)17-12-18-9-6-5-7-10-18/h5-7,9-10,13-16H,2-4,8,11-12,17H2,1H3,(H,24,28)(H2,25,26,27,29). The van der Waals surface area contributed by atoms with Crippen LogP contribution in [0.1, 0.15) is 51.0 Å². The van der Waals surface area contributed by atoms with E-state index in [2.05, 4.69) is 22.9 Å². The molecule has 6 heteroatoms. The van der Waals surface area contributed by atoms with Gasteiger partial charge in [0.2, 0.25) is 11.8 Å². The molecule has 2 rings (SSSR count). The third-order valence-electron chi connectivity index (χ3n) is 4.42. The summed E-state index contributed by atoms with van der Waals surface area (Å²) in [5, 5.41) is 8.86. The van der Waals surface area contributed by atoms with E-state index in [1.807, 2.05) is 42.5 Å². The lowest BCUT2D eigenvalue weighted by atomic mass is 10.1. The predicted molar refractivity (Wildman–Crippen MR) is 123 cm³/mol. The van der Waals surface area contributed by atoms with Gasteiger partial charge in [-0.3, -0.25) is 9.59 Å². The van der Waals surface area contributed by atoms with Gasteiger partial charge in [-0.2, -0.15) is 0 Å². The molecule has 154 valence electrons. The van der Waals surface area contributed by atoms with Crippen molar-refractivity contribution >= 4 is 40.5 Å². The molecule has 0 saturated heterocycles. The zero-order valence-corrected chi connectivity index (χ0v) is 17.7. The smallest absolute Gasteiger partial charge is 0.226 e. The second-order valence-electron chi connectivity index (χ2n) is 6.92. The highest BCUT2D eigenvalue weighted by atomic mass is 32.1. The molecule has 0 radical (unpaired) electrons. The van der Waals surface area contributed by atoms with E-state index in [-0.39, 0.29) is 16.9 Å². The van der Waals surface area contributed by atoms with E-state index >= 15 is 0 Å². The maximum atomic E-state index is 12.1. The molecular formula is C23H29N3O2S. The van der Waals surface area contributed by atoms with Crippen molar-refractivity contribution in [3.05, 3.63) is 60.2 Å². The van der Waals surface area contributed by atoms with Crippen LogP contribution < -0.4 is 16.0 Å². The van der Waals surface area contributed by atoms with Crippen LogP contribution >= 0.6 is 12.2 Å². The zero-order chi connectivity index (χ0) is 20.9. The fourth-order valence-electron chi connectivity index (χ4n) is 2.83. The first-order valence-electron chi connectivity index (χ1n) is 10.1. The number of nitrogens with one attached hydrogen (secondary N) is 3. The summed E-state index contributed by atoms with van der Waals surface area (Å²) < 4.78 is 0. The van der Waals surface area contributed by atoms with Crippen molar-refractivity contribution in [3.63, 3.8) is 0 Å². The van der Waals surface area contributed by atoms with E-state index in [0.717, 1.165) is 42.6 Å². The van der Waals surface area contributed by atoms with Crippen LogP contribution in [-0.2, 0) is 16.0 Å². The van der Waals surface area contributed by atoms with Crippen LogP contribution in [0.3, 0.4) is 0 Å². The second kappa shape index (κ2) is 12.7. The average molecular weight is 412 g/mol. The maximum absolute atomic E-state index is 12.1. The first kappa shape index (κ1) is 22.6. The largest absolute Gasteiger partial charge is 0.332 e. The SMILES string of the molecule is CCCCCCC(=O)NC(=S)Nc1ccc(NC(=O)CCc2ccccc2)cc1. The summed E-state index contributed by atoms with van der Waals surface area (Å²) >= 11 is 5.18. The number of carbonyl (C=O) groups is 2. The highest BCUT2D eigenvalue weighted by molar-refractivity contribution is 7.80. The molecule has 5 nitrogen and oxygen atoms in total. The highest BCUT2D eigenvalue weighted by Gasteiger charge is 2.06. The Balaban J connectivity index is 1.71. The Hall–Kier alpha value is -2.73. The molecule has 0 atom stereocenters. The second-order valence-corrected chi connectivity index (χ2v) is 7.33. The van der Waals surface area contributed by atoms with Crippen molar-refractivity contribution in [3.8, 4) is 0 Å². The molecule has 0 spiro atoms. The molecule has 0 aromatic heterocycles. The first-order chi connectivity index (χ1) is 14.1. The maximum Gasteiger partial charge on any atom is 0.226 e. The Morgan fingerprint density at radius 2 is 1.45 bits per heavy atom. The summed E-state index contributed by atoms with van der Waals surface area (Å²) in [5.41, 5.74) is 2.62. The zero-order valence-electron chi connectivity index (χ0n) is 16.9. The van der Waals surface area contributed by atoms with Gasteiger partial charge in [-0.05, 0) is 54.9 Å². The average Bonchev–Trinajstić information content (AvgIpc) is 2.72. The highest BCUT2D eigenvalue weighted by Crippen LogP contribution is 2.14. The molecule has 0 saturated carbocycles. The number of benzene rings is 2. The Bertz CT molecular complexity index is 792. The van der Waals surface area contributed by atoms with Crippen molar-refractivity contribution in [2.24, 2.45) is 0 Å². The fourth-order valence-corrected chi connectivity index (χ4v) is 3.06. The van der Waals surface area contributed by atoms with E-state index in [1.165, 1.54) is 0 Å². The number of hydrogen-bond acceptors (Lipinski definition) is 3. The summed E-state index contributed by atoms with van der Waals surface area (Å²) in [7, 11) is 0. The van der Waals surface area contributed by atoms with Gasteiger partial charge in [0.25, 0.3) is 0 Å². The van der Waals surface area contributed by atoms with Gasteiger partial charge in [0.05, 0.1) is 0 Å². The van der Waals surface area contributed by atoms with E-state index < -0.39 is 0 Å². The summed E-state index contributed by atoms with van der Waals surface area (Å²) in [6.45, 7) is 2.14. The molecule has 0 unspecified atom stereocenters. The molecule has 2 aromatic rings. The van der Waals surface area contributed by atoms with Crippen molar-refractivity contribution < 1.29 is 9.59 Å². The van der Waals surface area contributed by atoms with Gasteiger partial charge in [0, 0.05) is 24.2 Å². The predicted octanol–water partition coefficient (Wildman–Crippen LogP) is 5.04. The number of unbranched alkanes of at least 4 members (excludes halogenated alkanes) is 3. The van der Waals surface area contributed by atoms with E-state index in [1.54, 1.807) is 12.1 Å². The molecule has 0 aliphatic carbocycles. The van der Waals surface area contributed by atoms with Crippen LogP contribution in [0.4, 0.5) is 11.4 Å². The van der Waals surface area contributed by atoms with Gasteiger partial charge in [0.1, 0.15) is 0 Å². The fraction of sp³-hybridized carbons (Fsp3) is 0.348. The lowest BCUT2D eigenvalue weighted by Crippen LogP contribution is -2.33. The van der Waals surface area contributed by atoms with E-state index in [0.29, 0.717) is 19.3 Å². The minimum atomic E-state index is -0.0686. The van der Waals surface area contributed by atoms with Crippen molar-refractivity contribution in [2.45, 2.75) is 51.9 Å². The van der Waals surface area contributed by atoms with Crippen molar-refractivity contribution in [1.82, 2.24) is 5.32 Å². The van der Waals surface area contributed by atoms with Gasteiger partial charge in [0.15, 0.2) is 5.11 Å². The number of amides is 2. The van der Waals surface area contributed by atoms with Crippen LogP contribution in [0.5, 0.6) is 0 Å². The molecule has 0 fully saturated rings. The Kier molecular flexibility index (Phi) is 9.86. The lowest BCUT2D eigenvalue weighted by molar-refractivity contribution is -0.119. The minimum Gasteiger partial charge on any atom is -0.332 e. The Morgan fingerprint density at radius 1 is 0.793 bits per heavy atom. The molecular weight excluding hydrogens is 382 g/mol. The van der Waals surface area contributed by atoms with Crippen LogP contribution in [-0.4, -0.2) is 16.9 Å². The lowest BCUT2D eigenvalue weighted by Gasteiger charge is -2.11. The van der Waals surface area contributed by atoms with E-state index in [9.17, 15) is 9.59 Å². The summed E-state index contributed by atoms with van der Waals surface area (Å²) in [5.74, 6) is -0.0960. The Morgan fingerprint density at radius 3 is 2.10 bits per heavy atom. The first-order valence-corrected chi connectivity index (χ1v) is 10.5.